The monoisotopic (exact) mass is 617 g/mol. The summed E-state index contributed by atoms with van der Waals surface area (Å²) >= 11 is 0. The number of aliphatic hydroxyl groups is 1. The lowest BCUT2D eigenvalue weighted by molar-refractivity contribution is -0.142. The average Bonchev–Trinajstić information content (AvgIpc) is 3.49. The molecule has 8 unspecified atom stereocenters. The van der Waals surface area contributed by atoms with Crippen molar-refractivity contribution < 1.29 is 37.6 Å². The molecule has 4 rings (SSSR count). The summed E-state index contributed by atoms with van der Waals surface area (Å²) < 4.78 is 53.7. The molecule has 16 nitrogen and oxygen atoms in total. The number of aromatic nitrogens is 4. The SMILES string of the molecule is COC(=O)C(C)NP(=O)(CC1OC(n2cc(C)c(=O)[nH]c2=O)CC1F)OC1CC(n2cc(C)c(=O)[nH]c2=O)OC1CO. The van der Waals surface area contributed by atoms with Crippen molar-refractivity contribution in [1.29, 1.82) is 0 Å². The molecule has 0 aromatic carbocycles. The van der Waals surface area contributed by atoms with Gasteiger partial charge in [-0.1, -0.05) is 0 Å². The Kier molecular flexibility index (Phi) is 9.49. The summed E-state index contributed by atoms with van der Waals surface area (Å²) in [6.07, 6.45) is -5.91. The van der Waals surface area contributed by atoms with Crippen molar-refractivity contribution in [1.82, 2.24) is 24.2 Å². The number of esters is 1. The second-order valence-electron chi connectivity index (χ2n) is 10.3. The number of nitrogens with zero attached hydrogens (tertiary/aromatic N) is 2. The molecule has 0 amide bonds. The normalized spacial score (nSPS) is 28.0. The first kappa shape index (κ1) is 31.7. The van der Waals surface area contributed by atoms with Gasteiger partial charge >= 0.3 is 17.3 Å². The van der Waals surface area contributed by atoms with Crippen molar-refractivity contribution in [3.8, 4) is 0 Å². The zero-order chi connectivity index (χ0) is 30.9. The van der Waals surface area contributed by atoms with Crippen LogP contribution >= 0.6 is 7.52 Å². The predicted octanol–water partition coefficient (Wildman–Crippen LogP) is -0.662. The van der Waals surface area contributed by atoms with Gasteiger partial charge in [-0.05, 0) is 20.8 Å². The van der Waals surface area contributed by atoms with E-state index in [-0.39, 0.29) is 24.0 Å². The Balaban J connectivity index is 1.59. The van der Waals surface area contributed by atoms with Crippen LogP contribution in [0.1, 0.15) is 43.3 Å². The lowest BCUT2D eigenvalue weighted by Crippen LogP contribution is -2.39. The molecule has 4 N–H and O–H groups in total. The quantitative estimate of drug-likeness (QED) is 0.193. The zero-order valence-corrected chi connectivity index (χ0v) is 24.2. The number of carbonyl (C=O) groups is 1. The van der Waals surface area contributed by atoms with Crippen LogP contribution in [0.3, 0.4) is 0 Å². The maximum absolute atomic E-state index is 15.2. The number of hydrogen-bond acceptors (Lipinski definition) is 11. The molecule has 0 saturated carbocycles. The van der Waals surface area contributed by atoms with E-state index in [0.717, 1.165) is 16.2 Å². The van der Waals surface area contributed by atoms with Crippen LogP contribution in [0.4, 0.5) is 4.39 Å². The van der Waals surface area contributed by atoms with Gasteiger partial charge in [-0.25, -0.2) is 19.1 Å². The summed E-state index contributed by atoms with van der Waals surface area (Å²) in [7, 11) is -3.10. The first-order chi connectivity index (χ1) is 19.7. The third-order valence-corrected chi connectivity index (χ3v) is 9.34. The average molecular weight is 618 g/mol. The summed E-state index contributed by atoms with van der Waals surface area (Å²) in [5.74, 6) is -0.786. The third kappa shape index (κ3) is 6.71. The smallest absolute Gasteiger partial charge is 0.330 e. The Hall–Kier alpha value is -3.21. The highest BCUT2D eigenvalue weighted by Crippen LogP contribution is 2.51. The summed E-state index contributed by atoms with van der Waals surface area (Å²) in [5.41, 5.74) is -2.35. The molecule has 0 aliphatic carbocycles. The van der Waals surface area contributed by atoms with Gasteiger partial charge in [-0.3, -0.25) is 38.1 Å². The summed E-state index contributed by atoms with van der Waals surface area (Å²) in [6, 6.07) is -1.17. The highest BCUT2D eigenvalue weighted by atomic mass is 31.2. The summed E-state index contributed by atoms with van der Waals surface area (Å²) in [6.45, 7) is 3.70. The fraction of sp³-hybridized carbons (Fsp3) is 0.625. The number of methoxy groups -OCH3 is 1. The largest absolute Gasteiger partial charge is 0.468 e. The van der Waals surface area contributed by atoms with Crippen molar-refractivity contribution in [2.24, 2.45) is 0 Å². The van der Waals surface area contributed by atoms with E-state index in [1.807, 2.05) is 0 Å². The summed E-state index contributed by atoms with van der Waals surface area (Å²) in [4.78, 5) is 64.7. The molecule has 18 heteroatoms. The van der Waals surface area contributed by atoms with Gasteiger partial charge in [0.05, 0.1) is 26.0 Å². The van der Waals surface area contributed by atoms with Crippen molar-refractivity contribution in [3.05, 3.63) is 65.2 Å². The van der Waals surface area contributed by atoms with Crippen LogP contribution < -0.4 is 27.6 Å². The molecule has 2 aromatic heterocycles. The third-order valence-electron chi connectivity index (χ3n) is 7.11. The van der Waals surface area contributed by atoms with Gasteiger partial charge in [-0.2, -0.15) is 0 Å². The number of H-pyrrole nitrogens is 2. The molecule has 2 aromatic rings. The molecule has 8 atom stereocenters. The van der Waals surface area contributed by atoms with E-state index < -0.39 is 91.7 Å². The standard InChI is InChI=1S/C24H33FN5O11P/c1-11-7-29(23(35)26-20(11)32)18-5-14(25)17(40-18)10-42(37,28-13(3)22(34)38-4)41-15-6-19(39-16(15)9-31)30-8-12(2)21(33)27-24(30)36/h7-8,13-19,31H,5-6,9-10H2,1-4H3,(H,28,37)(H,26,32,35)(H,27,33,36). The van der Waals surface area contributed by atoms with Crippen LogP contribution in [0.15, 0.2) is 31.6 Å². The Bertz CT molecular complexity index is 1600. The Labute approximate surface area is 237 Å². The summed E-state index contributed by atoms with van der Waals surface area (Å²) in [5, 5.41) is 12.5. The van der Waals surface area contributed by atoms with E-state index in [0.29, 0.717) is 0 Å². The van der Waals surface area contributed by atoms with Gasteiger partial charge in [0.1, 0.15) is 36.9 Å². The second kappa shape index (κ2) is 12.6. The number of alkyl halides is 1. The molecule has 0 radical (unpaired) electrons. The van der Waals surface area contributed by atoms with Crippen molar-refractivity contribution in [2.45, 2.75) is 76.6 Å². The predicted molar refractivity (Wildman–Crippen MR) is 143 cm³/mol. The molecule has 0 spiro atoms. The minimum Gasteiger partial charge on any atom is -0.468 e. The van der Waals surface area contributed by atoms with Crippen LogP contribution in [0, 0.1) is 13.8 Å². The Morgan fingerprint density at radius 2 is 1.60 bits per heavy atom. The van der Waals surface area contributed by atoms with Gasteiger partial charge in [0.2, 0.25) is 0 Å². The Morgan fingerprint density at radius 3 is 2.12 bits per heavy atom. The highest BCUT2D eigenvalue weighted by molar-refractivity contribution is 7.57. The molecule has 232 valence electrons. The molecular weight excluding hydrogens is 584 g/mol. The number of aryl methyl sites for hydroxylation is 2. The maximum Gasteiger partial charge on any atom is 0.330 e. The fourth-order valence-electron chi connectivity index (χ4n) is 4.88. The molecule has 0 bridgehead atoms. The van der Waals surface area contributed by atoms with E-state index in [9.17, 15) is 33.6 Å². The van der Waals surface area contributed by atoms with E-state index >= 15 is 4.39 Å². The number of nitrogens with one attached hydrogen (secondary N) is 3. The topological polar surface area (TPSA) is 213 Å². The van der Waals surface area contributed by atoms with E-state index in [2.05, 4.69) is 15.1 Å². The number of hydrogen-bond donors (Lipinski definition) is 4. The number of rotatable bonds is 10. The van der Waals surface area contributed by atoms with Crippen LogP contribution in [-0.4, -0.2) is 80.6 Å². The number of aromatic amines is 2. The number of carbonyl (C=O) groups excluding carboxylic acids is 1. The molecule has 2 fully saturated rings. The van der Waals surface area contributed by atoms with Gasteiger partial charge in [-0.15, -0.1) is 0 Å². The van der Waals surface area contributed by atoms with E-state index in [4.69, 9.17) is 18.7 Å². The minimum atomic E-state index is -4.22. The Morgan fingerprint density at radius 1 is 1.07 bits per heavy atom. The molecule has 2 aliphatic rings. The highest BCUT2D eigenvalue weighted by Gasteiger charge is 2.46. The van der Waals surface area contributed by atoms with Crippen molar-refractivity contribution >= 4 is 13.5 Å². The number of ether oxygens (including phenoxy) is 3. The van der Waals surface area contributed by atoms with Crippen LogP contribution in [-0.2, 0) is 28.1 Å². The molecule has 4 heterocycles. The molecular formula is C24H33FN5O11P. The van der Waals surface area contributed by atoms with Gasteiger partial charge in [0.15, 0.2) is 0 Å². The molecule has 2 aliphatic heterocycles. The minimum absolute atomic E-state index is 0.103. The molecule has 2 saturated heterocycles. The zero-order valence-electron chi connectivity index (χ0n) is 23.3. The second-order valence-corrected chi connectivity index (χ2v) is 12.4. The first-order valence-electron chi connectivity index (χ1n) is 13.1. The van der Waals surface area contributed by atoms with Crippen molar-refractivity contribution in [3.63, 3.8) is 0 Å². The van der Waals surface area contributed by atoms with Crippen LogP contribution in [0.5, 0.6) is 0 Å². The van der Waals surface area contributed by atoms with E-state index in [1.54, 1.807) is 0 Å². The molecule has 42 heavy (non-hydrogen) atoms. The van der Waals surface area contributed by atoms with Crippen molar-refractivity contribution in [2.75, 3.05) is 19.9 Å². The van der Waals surface area contributed by atoms with Crippen LogP contribution in [0.2, 0.25) is 0 Å². The maximum atomic E-state index is 15.2. The first-order valence-corrected chi connectivity index (χ1v) is 14.9. The fourth-order valence-corrected chi connectivity index (χ4v) is 7.27. The van der Waals surface area contributed by atoms with Gasteiger partial charge < -0.3 is 23.8 Å². The van der Waals surface area contributed by atoms with Gasteiger partial charge in [0, 0.05) is 36.4 Å². The number of halogens is 1. The van der Waals surface area contributed by atoms with Crippen LogP contribution in [0.25, 0.3) is 0 Å². The number of aliphatic hydroxyl groups excluding tert-OH is 1. The lowest BCUT2D eigenvalue weighted by Gasteiger charge is -2.29. The van der Waals surface area contributed by atoms with E-state index in [1.165, 1.54) is 33.2 Å². The van der Waals surface area contributed by atoms with Gasteiger partial charge in [0.25, 0.3) is 18.6 Å². The lowest BCUT2D eigenvalue weighted by atomic mass is 10.2.